The largest absolute Gasteiger partial charge is 0.309 e. The van der Waals surface area contributed by atoms with E-state index >= 15 is 0 Å². The summed E-state index contributed by atoms with van der Waals surface area (Å²) in [6.45, 7) is 0. The Morgan fingerprint density at radius 2 is 0.713 bits per heavy atom. The lowest BCUT2D eigenvalue weighted by atomic mass is 9.67. The average molecular weight is 1120 g/mol. The van der Waals surface area contributed by atoms with Crippen molar-refractivity contribution in [3.05, 3.63) is 325 Å². The Kier molecular flexibility index (Phi) is 13.7. The summed E-state index contributed by atoms with van der Waals surface area (Å²) < 4.78 is 2.52. The van der Waals surface area contributed by atoms with E-state index in [1.807, 2.05) is 0 Å². The minimum Gasteiger partial charge on any atom is -0.309 e. The molecule has 3 aliphatic carbocycles. The molecule has 0 unspecified atom stereocenters. The van der Waals surface area contributed by atoms with Crippen LogP contribution in [0, 0.1) is 0 Å². The van der Waals surface area contributed by atoms with Gasteiger partial charge >= 0.3 is 0 Å². The van der Waals surface area contributed by atoms with E-state index in [2.05, 4.69) is 301 Å². The van der Waals surface area contributed by atoms with Gasteiger partial charge in [-0.1, -0.05) is 269 Å². The lowest BCUT2D eigenvalue weighted by Gasteiger charge is -2.35. The zero-order valence-corrected chi connectivity index (χ0v) is 49.3. The van der Waals surface area contributed by atoms with E-state index in [-0.39, 0.29) is 0 Å². The van der Waals surface area contributed by atoms with Crippen LogP contribution in [0.3, 0.4) is 0 Å². The molecule has 2 nitrogen and oxygen atoms in total. The summed E-state index contributed by atoms with van der Waals surface area (Å²) in [6, 6.07) is 110. The number of hydrogen-bond acceptors (Lipinski definition) is 1. The van der Waals surface area contributed by atoms with Gasteiger partial charge in [-0.3, -0.25) is 0 Å². The van der Waals surface area contributed by atoms with Crippen molar-refractivity contribution in [2.24, 2.45) is 0 Å². The van der Waals surface area contributed by atoms with Gasteiger partial charge in [0.25, 0.3) is 0 Å². The van der Waals surface area contributed by atoms with Crippen LogP contribution >= 0.6 is 0 Å². The second kappa shape index (κ2) is 22.6. The molecule has 1 aromatic heterocycles. The fraction of sp³-hybridized carbons (Fsp3) is 0.153. The monoisotopic (exact) mass is 1120 g/mol. The van der Waals surface area contributed by atoms with Crippen molar-refractivity contribution in [3.63, 3.8) is 0 Å². The maximum Gasteiger partial charge on any atom is 0.0714 e. The van der Waals surface area contributed by atoms with Crippen LogP contribution in [-0.4, -0.2) is 4.57 Å². The Morgan fingerprint density at radius 1 is 0.299 bits per heavy atom. The van der Waals surface area contributed by atoms with Crippen molar-refractivity contribution in [2.75, 3.05) is 4.90 Å². The van der Waals surface area contributed by atoms with Crippen molar-refractivity contribution < 1.29 is 0 Å². The summed E-state index contributed by atoms with van der Waals surface area (Å²) in [6.07, 6.45) is 13.4. The van der Waals surface area contributed by atoms with Gasteiger partial charge in [0.2, 0.25) is 0 Å². The number of para-hydroxylation sites is 1. The summed E-state index contributed by atoms with van der Waals surface area (Å²) in [5.74, 6) is 1.34. The zero-order chi connectivity index (χ0) is 57.7. The molecule has 0 amide bonds. The number of anilines is 3. The molecule has 3 aliphatic rings. The highest BCUT2D eigenvalue weighted by atomic mass is 15.1. The number of nitrogens with zero attached hydrogens (tertiary/aromatic N) is 2. The molecule has 0 aliphatic heterocycles. The molecule has 87 heavy (non-hydrogen) atoms. The van der Waals surface area contributed by atoms with Crippen LogP contribution < -0.4 is 4.90 Å². The molecule has 0 saturated heterocycles. The molecule has 2 heteroatoms. The van der Waals surface area contributed by atoms with Gasteiger partial charge in [-0.25, -0.2) is 0 Å². The molecule has 0 atom stereocenters. The Labute approximate surface area is 512 Å². The molecule has 1 heterocycles. The van der Waals surface area contributed by atoms with Gasteiger partial charge in [-0.2, -0.15) is 0 Å². The van der Waals surface area contributed by atoms with Crippen molar-refractivity contribution in [1.82, 2.24) is 4.57 Å². The molecule has 16 rings (SSSR count). The Balaban J connectivity index is 0.776. The van der Waals surface area contributed by atoms with E-state index in [4.69, 9.17) is 0 Å². The molecular weight excluding hydrogens is 1050 g/mol. The first-order chi connectivity index (χ1) is 43.2. The van der Waals surface area contributed by atoms with Crippen molar-refractivity contribution >= 4 is 38.9 Å². The summed E-state index contributed by atoms with van der Waals surface area (Å²) >= 11 is 0. The Bertz CT molecular complexity index is 4410. The van der Waals surface area contributed by atoms with Crippen molar-refractivity contribution in [3.8, 4) is 61.3 Å². The van der Waals surface area contributed by atoms with Gasteiger partial charge in [0.1, 0.15) is 0 Å². The highest BCUT2D eigenvalue weighted by Gasteiger charge is 2.46. The van der Waals surface area contributed by atoms with Crippen LogP contribution in [0.2, 0.25) is 0 Å². The number of benzene rings is 12. The van der Waals surface area contributed by atoms with Gasteiger partial charge in [0.15, 0.2) is 0 Å². The second-order valence-electron chi connectivity index (χ2n) is 24.8. The quantitative estimate of drug-likeness (QED) is 0.118. The molecule has 2 saturated carbocycles. The van der Waals surface area contributed by atoms with Crippen molar-refractivity contribution in [2.45, 2.75) is 81.5 Å². The zero-order valence-electron chi connectivity index (χ0n) is 49.3. The molecular formula is C85H70N2. The standard InChI is InChI=1S/C85H70N2/c1-7-22-59(23-8-1)67-46-54-82-78(56-67)79-57-68(60-24-9-2-10-25-60)47-55-83(79)87(82)72-50-44-64(45-51-72)62-40-38-61(39-41-62)63-42-48-71(49-43-63)86(84-74(65-26-11-3-12-27-65)35-21-36-75(84)66-28-13-4-14-29-66)73-52-53-77-76-34-19-20-37-80(76)85(81(77)58-73,69-30-15-5-16-31-69)70-32-17-6-18-33-70/h3-6,11-21,26-60H,1-2,7-10,22-25H2. The Hall–Kier alpha value is -9.76. The van der Waals surface area contributed by atoms with Crippen LogP contribution in [0.15, 0.2) is 291 Å². The summed E-state index contributed by atoms with van der Waals surface area (Å²) in [4.78, 5) is 2.52. The third-order valence-electron chi connectivity index (χ3n) is 19.9. The van der Waals surface area contributed by atoms with E-state index in [0.29, 0.717) is 11.8 Å². The molecule has 13 aromatic rings. The molecule has 0 spiro atoms. The van der Waals surface area contributed by atoms with Crippen LogP contribution in [-0.2, 0) is 5.41 Å². The van der Waals surface area contributed by atoms with E-state index in [1.165, 1.54) is 158 Å². The maximum atomic E-state index is 2.57. The van der Waals surface area contributed by atoms with E-state index in [1.54, 1.807) is 0 Å². The first-order valence-electron chi connectivity index (χ1n) is 31.9. The highest BCUT2D eigenvalue weighted by molar-refractivity contribution is 6.10. The lowest BCUT2D eigenvalue weighted by molar-refractivity contribution is 0.444. The second-order valence-corrected chi connectivity index (χ2v) is 24.8. The molecule has 12 aromatic carbocycles. The average Bonchev–Trinajstić information content (AvgIpc) is 1.66. The minimum atomic E-state index is -0.557. The SMILES string of the molecule is c1ccc(-c2cccc(-c3ccccc3)c2N(c2ccc(-c3ccc(-c4ccc(-n5c6ccc(C7CCCCC7)cc6c6cc(C7CCCCC7)ccc65)cc4)cc3)cc2)c2ccc3c(c2)C(c2ccccc2)(c2ccccc2)c2ccccc2-3)cc1. The van der Waals surface area contributed by atoms with Crippen LogP contribution in [0.4, 0.5) is 17.1 Å². The van der Waals surface area contributed by atoms with Gasteiger partial charge in [0, 0.05) is 39.0 Å². The fourth-order valence-corrected chi connectivity index (χ4v) is 15.6. The summed E-state index contributed by atoms with van der Waals surface area (Å²) in [5, 5.41) is 2.81. The van der Waals surface area contributed by atoms with Gasteiger partial charge in [-0.05, 0) is 176 Å². The number of fused-ring (bicyclic) bond motifs is 6. The van der Waals surface area contributed by atoms with Gasteiger partial charge < -0.3 is 9.47 Å². The van der Waals surface area contributed by atoms with Crippen LogP contribution in [0.5, 0.6) is 0 Å². The fourth-order valence-electron chi connectivity index (χ4n) is 15.6. The first kappa shape index (κ1) is 52.8. The normalized spacial score (nSPS) is 14.9. The minimum absolute atomic E-state index is 0.557. The summed E-state index contributed by atoms with van der Waals surface area (Å²) in [7, 11) is 0. The smallest absolute Gasteiger partial charge is 0.0714 e. The van der Waals surface area contributed by atoms with E-state index in [9.17, 15) is 0 Å². The third-order valence-corrected chi connectivity index (χ3v) is 19.9. The molecule has 0 N–H and O–H groups in total. The number of rotatable bonds is 12. The van der Waals surface area contributed by atoms with Gasteiger partial charge in [0.05, 0.1) is 22.1 Å². The molecule has 420 valence electrons. The Morgan fingerprint density at radius 3 is 1.22 bits per heavy atom. The predicted molar refractivity (Wildman–Crippen MR) is 366 cm³/mol. The van der Waals surface area contributed by atoms with Crippen LogP contribution in [0.1, 0.15) is 109 Å². The number of aromatic nitrogens is 1. The lowest BCUT2D eigenvalue weighted by Crippen LogP contribution is -2.28. The van der Waals surface area contributed by atoms with Crippen LogP contribution in [0.25, 0.3) is 83.1 Å². The van der Waals surface area contributed by atoms with Gasteiger partial charge in [-0.15, -0.1) is 0 Å². The van der Waals surface area contributed by atoms with E-state index < -0.39 is 5.41 Å². The molecule has 2 fully saturated rings. The van der Waals surface area contributed by atoms with E-state index in [0.717, 1.165) is 39.3 Å². The topological polar surface area (TPSA) is 8.17 Å². The number of hydrogen-bond donors (Lipinski definition) is 0. The highest BCUT2D eigenvalue weighted by Crippen LogP contribution is 2.58. The third kappa shape index (κ3) is 9.33. The predicted octanol–water partition coefficient (Wildman–Crippen LogP) is 23.4. The first-order valence-corrected chi connectivity index (χ1v) is 31.9. The summed E-state index contributed by atoms with van der Waals surface area (Å²) in [5.41, 5.74) is 26.6. The molecule has 0 radical (unpaired) electrons. The van der Waals surface area contributed by atoms with Crippen molar-refractivity contribution in [1.29, 1.82) is 0 Å². The molecule has 0 bridgehead atoms. The maximum absolute atomic E-state index is 2.57.